The Morgan fingerprint density at radius 1 is 1.29 bits per heavy atom. The van der Waals surface area contributed by atoms with E-state index < -0.39 is 0 Å². The first-order valence-electron chi connectivity index (χ1n) is 6.24. The quantitative estimate of drug-likeness (QED) is 0.869. The van der Waals surface area contributed by atoms with Crippen LogP contribution in [0.15, 0.2) is 5.38 Å². The molecule has 0 atom stereocenters. The van der Waals surface area contributed by atoms with Gasteiger partial charge in [-0.15, -0.1) is 11.3 Å². The van der Waals surface area contributed by atoms with Crippen LogP contribution in [0.1, 0.15) is 17.1 Å². The van der Waals surface area contributed by atoms with E-state index in [1.807, 2.05) is 0 Å². The Morgan fingerprint density at radius 2 is 2.06 bits per heavy atom. The number of hydrogen-bond donors (Lipinski definition) is 1. The normalized spacial score (nSPS) is 19.4. The van der Waals surface area contributed by atoms with Gasteiger partial charge in [-0.05, 0) is 26.4 Å². The number of thiazole rings is 1. The topological polar surface area (TPSA) is 39.6 Å². The number of nitrogens with zero attached hydrogens (tertiary/aromatic N) is 3. The molecule has 0 amide bonds. The smallest absolute Gasteiger partial charge is 0.0897 e. The number of hydrogen-bond acceptors (Lipinski definition) is 5. The first kappa shape index (κ1) is 13.0. The lowest BCUT2D eigenvalue weighted by molar-refractivity contribution is 0.195. The molecule has 4 nitrogen and oxygen atoms in total. The van der Waals surface area contributed by atoms with Crippen molar-refractivity contribution in [1.29, 1.82) is 0 Å². The molecule has 1 aliphatic heterocycles. The average molecular weight is 255 g/mol. The molecule has 1 saturated heterocycles. The molecule has 96 valence electrons. The molecular weight excluding hydrogens is 234 g/mol. The molecule has 2 rings (SSSR count). The number of aliphatic hydroxyl groups excluding tert-OH is 1. The molecule has 0 radical (unpaired) electrons. The molecule has 0 bridgehead atoms. The number of rotatable bonds is 4. The van der Waals surface area contributed by atoms with E-state index in [9.17, 15) is 0 Å². The van der Waals surface area contributed by atoms with E-state index in [4.69, 9.17) is 5.11 Å². The zero-order valence-corrected chi connectivity index (χ0v) is 11.2. The van der Waals surface area contributed by atoms with Crippen molar-refractivity contribution in [2.24, 2.45) is 0 Å². The van der Waals surface area contributed by atoms with Gasteiger partial charge >= 0.3 is 0 Å². The van der Waals surface area contributed by atoms with Crippen molar-refractivity contribution in [1.82, 2.24) is 14.8 Å². The van der Waals surface area contributed by atoms with Crippen LogP contribution in [-0.2, 0) is 6.54 Å². The molecule has 0 saturated carbocycles. The maximum atomic E-state index is 8.95. The van der Waals surface area contributed by atoms with Crippen LogP contribution in [-0.4, -0.2) is 59.2 Å². The fraction of sp³-hybridized carbons (Fsp3) is 0.750. The monoisotopic (exact) mass is 255 g/mol. The Kier molecular flexibility index (Phi) is 4.91. The fourth-order valence-electron chi connectivity index (χ4n) is 2.26. The van der Waals surface area contributed by atoms with Gasteiger partial charge in [0.25, 0.3) is 0 Å². The first-order valence-corrected chi connectivity index (χ1v) is 7.12. The molecule has 0 aliphatic carbocycles. The van der Waals surface area contributed by atoms with E-state index in [1.54, 1.807) is 11.3 Å². The maximum absolute atomic E-state index is 8.95. The molecule has 5 heteroatoms. The van der Waals surface area contributed by atoms with Gasteiger partial charge in [-0.2, -0.15) is 0 Å². The lowest BCUT2D eigenvalue weighted by atomic mass is 10.3. The summed E-state index contributed by atoms with van der Waals surface area (Å²) in [5.41, 5.74) is 1.20. The van der Waals surface area contributed by atoms with Crippen molar-refractivity contribution in [2.45, 2.75) is 19.9 Å². The number of β-amino-alcohol motifs (C(OH)–C–C–N with tert-alkyl or cyclic N) is 1. The Balaban J connectivity index is 1.82. The standard InChI is InChI=1S/C12H21N3OS/c1-11-13-12(10-17-11)9-15-4-2-3-14(5-6-15)7-8-16/h10,16H,2-9H2,1H3. The lowest BCUT2D eigenvalue weighted by Crippen LogP contribution is -2.32. The lowest BCUT2D eigenvalue weighted by Gasteiger charge is -2.20. The van der Waals surface area contributed by atoms with Gasteiger partial charge < -0.3 is 5.11 Å². The summed E-state index contributed by atoms with van der Waals surface area (Å²) in [6.07, 6.45) is 1.18. The Morgan fingerprint density at radius 3 is 2.76 bits per heavy atom. The van der Waals surface area contributed by atoms with Crippen molar-refractivity contribution in [3.05, 3.63) is 16.1 Å². The van der Waals surface area contributed by atoms with E-state index in [-0.39, 0.29) is 6.61 Å². The van der Waals surface area contributed by atoms with Gasteiger partial charge in [0, 0.05) is 31.6 Å². The van der Waals surface area contributed by atoms with E-state index in [2.05, 4.69) is 27.1 Å². The third-order valence-corrected chi connectivity index (χ3v) is 3.97. The van der Waals surface area contributed by atoms with Crippen LogP contribution in [0.25, 0.3) is 0 Å². The maximum Gasteiger partial charge on any atom is 0.0897 e. The molecule has 0 unspecified atom stereocenters. The third kappa shape index (κ3) is 4.03. The van der Waals surface area contributed by atoms with Gasteiger partial charge in [-0.3, -0.25) is 9.80 Å². The highest BCUT2D eigenvalue weighted by Crippen LogP contribution is 2.12. The van der Waals surface area contributed by atoms with Gasteiger partial charge in [0.05, 0.1) is 17.3 Å². The van der Waals surface area contributed by atoms with E-state index in [1.165, 1.54) is 12.1 Å². The van der Waals surface area contributed by atoms with Crippen LogP contribution in [0, 0.1) is 6.92 Å². The highest BCUT2D eigenvalue weighted by Gasteiger charge is 2.15. The highest BCUT2D eigenvalue weighted by atomic mass is 32.1. The largest absolute Gasteiger partial charge is 0.395 e. The Labute approximate surface area is 107 Å². The predicted molar refractivity (Wildman–Crippen MR) is 70.3 cm³/mol. The first-order chi connectivity index (χ1) is 8.28. The van der Waals surface area contributed by atoms with Crippen molar-refractivity contribution >= 4 is 11.3 Å². The predicted octanol–water partition coefficient (Wildman–Crippen LogP) is 0.952. The van der Waals surface area contributed by atoms with Gasteiger partial charge in [0.15, 0.2) is 0 Å². The van der Waals surface area contributed by atoms with Crippen molar-refractivity contribution in [3.8, 4) is 0 Å². The van der Waals surface area contributed by atoms with Crippen LogP contribution >= 0.6 is 11.3 Å². The summed E-state index contributed by atoms with van der Waals surface area (Å²) in [6, 6.07) is 0. The number of aromatic nitrogens is 1. The van der Waals surface area contributed by atoms with E-state index >= 15 is 0 Å². The van der Waals surface area contributed by atoms with Gasteiger partial charge in [0.1, 0.15) is 0 Å². The Bertz CT molecular complexity index is 342. The Hall–Kier alpha value is -0.490. The van der Waals surface area contributed by atoms with Crippen LogP contribution in [0.2, 0.25) is 0 Å². The zero-order chi connectivity index (χ0) is 12.1. The summed E-state index contributed by atoms with van der Waals surface area (Å²) in [5.74, 6) is 0. The van der Waals surface area contributed by atoms with Crippen molar-refractivity contribution in [2.75, 3.05) is 39.3 Å². The summed E-state index contributed by atoms with van der Waals surface area (Å²) >= 11 is 1.73. The highest BCUT2D eigenvalue weighted by molar-refractivity contribution is 7.09. The number of aliphatic hydroxyl groups is 1. The second kappa shape index (κ2) is 6.44. The molecule has 0 spiro atoms. The van der Waals surface area contributed by atoms with E-state index in [0.29, 0.717) is 0 Å². The van der Waals surface area contributed by atoms with Gasteiger partial charge in [-0.1, -0.05) is 0 Å². The van der Waals surface area contributed by atoms with Gasteiger partial charge in [0.2, 0.25) is 0 Å². The minimum atomic E-state index is 0.269. The van der Waals surface area contributed by atoms with Crippen molar-refractivity contribution in [3.63, 3.8) is 0 Å². The van der Waals surface area contributed by atoms with Crippen molar-refractivity contribution < 1.29 is 5.11 Å². The molecule has 17 heavy (non-hydrogen) atoms. The van der Waals surface area contributed by atoms with Crippen LogP contribution < -0.4 is 0 Å². The SMILES string of the molecule is Cc1nc(CN2CCCN(CCO)CC2)cs1. The molecule has 1 fully saturated rings. The summed E-state index contributed by atoms with van der Waals surface area (Å²) in [7, 11) is 0. The second-order valence-corrected chi connectivity index (χ2v) is 5.62. The molecule has 1 aromatic heterocycles. The average Bonchev–Trinajstić information content (AvgIpc) is 2.58. The molecule has 2 heterocycles. The van der Waals surface area contributed by atoms with Gasteiger partial charge in [-0.25, -0.2) is 4.98 Å². The zero-order valence-electron chi connectivity index (χ0n) is 10.4. The summed E-state index contributed by atoms with van der Waals surface area (Å²) < 4.78 is 0. The van der Waals surface area contributed by atoms with Crippen LogP contribution in [0.5, 0.6) is 0 Å². The summed E-state index contributed by atoms with van der Waals surface area (Å²) in [6.45, 7) is 8.48. The van der Waals surface area contributed by atoms with E-state index in [0.717, 1.165) is 44.3 Å². The van der Waals surface area contributed by atoms with Crippen LogP contribution in [0.4, 0.5) is 0 Å². The number of aryl methyl sites for hydroxylation is 1. The fourth-order valence-corrected chi connectivity index (χ4v) is 2.86. The molecular formula is C12H21N3OS. The molecule has 1 N–H and O–H groups in total. The second-order valence-electron chi connectivity index (χ2n) is 4.55. The molecule has 1 aromatic rings. The summed E-state index contributed by atoms with van der Waals surface area (Å²) in [4.78, 5) is 9.32. The minimum absolute atomic E-state index is 0.269. The third-order valence-electron chi connectivity index (χ3n) is 3.15. The molecule has 0 aromatic carbocycles. The molecule has 1 aliphatic rings. The summed E-state index contributed by atoms with van der Waals surface area (Å²) in [5, 5.41) is 12.3. The van der Waals surface area contributed by atoms with Crippen LogP contribution in [0.3, 0.4) is 0 Å². The minimum Gasteiger partial charge on any atom is -0.395 e.